The van der Waals surface area contributed by atoms with Crippen LogP contribution in [0.3, 0.4) is 0 Å². The van der Waals surface area contributed by atoms with Crippen molar-refractivity contribution in [3.8, 4) is 0 Å². The first kappa shape index (κ1) is 26.0. The van der Waals surface area contributed by atoms with Crippen molar-refractivity contribution in [1.29, 1.82) is 0 Å². The van der Waals surface area contributed by atoms with E-state index in [4.69, 9.17) is 12.2 Å². The fourth-order valence-corrected chi connectivity index (χ4v) is 4.00. The van der Waals surface area contributed by atoms with E-state index >= 15 is 0 Å². The Kier molecular flexibility index (Phi) is 23.9. The van der Waals surface area contributed by atoms with Gasteiger partial charge in [-0.15, -0.1) is 12.6 Å². The highest BCUT2D eigenvalue weighted by molar-refractivity contribution is 14.1. The van der Waals surface area contributed by atoms with E-state index in [0.717, 1.165) is 6.54 Å². The highest BCUT2D eigenvalue weighted by atomic mass is 127. The van der Waals surface area contributed by atoms with Crippen LogP contribution >= 0.6 is 47.4 Å². The molecule has 0 aromatic heterocycles. The smallest absolute Gasteiger partial charge is 0.130 e. The Morgan fingerprint density at radius 3 is 1.12 bits per heavy atom. The van der Waals surface area contributed by atoms with Crippen molar-refractivity contribution in [1.82, 2.24) is 5.32 Å². The van der Waals surface area contributed by atoms with Gasteiger partial charge in [-0.3, -0.25) is 0 Å². The molecule has 150 valence electrons. The van der Waals surface area contributed by atoms with Crippen LogP contribution in [0.2, 0.25) is 0 Å². The van der Waals surface area contributed by atoms with Crippen molar-refractivity contribution in [3.63, 3.8) is 0 Å². The van der Waals surface area contributed by atoms with Crippen molar-refractivity contribution in [2.24, 2.45) is 0 Å². The second-order valence-corrected chi connectivity index (χ2v) is 9.52. The van der Waals surface area contributed by atoms with Gasteiger partial charge in [0.1, 0.15) is 4.32 Å². The molecule has 0 aliphatic rings. The third-order valence-corrected chi connectivity index (χ3v) is 5.90. The topological polar surface area (TPSA) is 12.0 Å². The quantitative estimate of drug-likeness (QED) is 0.0575. The van der Waals surface area contributed by atoms with Gasteiger partial charge in [-0.05, 0) is 17.3 Å². The van der Waals surface area contributed by atoms with Crippen LogP contribution in [0.15, 0.2) is 0 Å². The molecule has 4 heteroatoms. The molecule has 0 aromatic rings. The van der Waals surface area contributed by atoms with Gasteiger partial charge < -0.3 is 5.32 Å². The molecular formula is C21H42INS2. The molecule has 0 heterocycles. The lowest BCUT2D eigenvalue weighted by atomic mass is 10.0. The van der Waals surface area contributed by atoms with Crippen LogP contribution in [-0.4, -0.2) is 15.3 Å². The Labute approximate surface area is 182 Å². The van der Waals surface area contributed by atoms with E-state index < -0.39 is 0 Å². The van der Waals surface area contributed by atoms with Crippen LogP contribution in [0.1, 0.15) is 116 Å². The van der Waals surface area contributed by atoms with Crippen molar-refractivity contribution >= 4 is 51.8 Å². The second-order valence-electron chi connectivity index (χ2n) is 7.28. The number of hydrogen-bond acceptors (Lipinski definition) is 1. The summed E-state index contributed by atoms with van der Waals surface area (Å²) in [5.41, 5.74) is 0. The summed E-state index contributed by atoms with van der Waals surface area (Å²) in [5, 5.41) is 3.10. The lowest BCUT2D eigenvalue weighted by molar-refractivity contribution is 0.525. The average molecular weight is 500 g/mol. The Balaban J connectivity index is 2.97. The zero-order valence-electron chi connectivity index (χ0n) is 16.4. The first-order valence-corrected chi connectivity index (χ1v) is 13.2. The van der Waals surface area contributed by atoms with Crippen molar-refractivity contribution in [2.45, 2.75) is 116 Å². The summed E-state index contributed by atoms with van der Waals surface area (Å²) in [5.74, 6) is 0. The summed E-state index contributed by atoms with van der Waals surface area (Å²) in [6.07, 6.45) is 25.7. The van der Waals surface area contributed by atoms with E-state index in [0.29, 0.717) is 4.32 Å². The molecule has 0 spiro atoms. The molecule has 0 aliphatic heterocycles. The summed E-state index contributed by atoms with van der Waals surface area (Å²) in [6, 6.07) is 0. The first-order valence-electron chi connectivity index (χ1n) is 10.8. The Bertz CT molecular complexity index is 275. The van der Waals surface area contributed by atoms with Gasteiger partial charge in [-0.25, -0.2) is 0 Å². The maximum Gasteiger partial charge on any atom is 0.130 e. The number of rotatable bonds is 20. The molecule has 1 N–H and O–H groups in total. The minimum atomic E-state index is 0.627. The molecule has 0 rings (SSSR count). The summed E-state index contributed by atoms with van der Waals surface area (Å²) in [7, 11) is 0. The van der Waals surface area contributed by atoms with Crippen molar-refractivity contribution < 1.29 is 0 Å². The Morgan fingerprint density at radius 1 is 0.560 bits per heavy atom. The molecule has 0 aliphatic carbocycles. The van der Waals surface area contributed by atoms with Crippen molar-refractivity contribution in [2.75, 3.05) is 11.0 Å². The molecule has 0 saturated heterocycles. The summed E-state index contributed by atoms with van der Waals surface area (Å²) < 4.78 is 1.96. The summed E-state index contributed by atoms with van der Waals surface area (Å²) in [4.78, 5) is 0. The first-order chi connectivity index (χ1) is 12.3. The van der Waals surface area contributed by atoms with Crippen LogP contribution < -0.4 is 5.32 Å². The molecule has 0 fully saturated rings. The van der Waals surface area contributed by atoms with Gasteiger partial charge in [0, 0.05) is 6.54 Å². The molecule has 0 amide bonds. The van der Waals surface area contributed by atoms with Crippen LogP contribution in [0, 0.1) is 0 Å². The monoisotopic (exact) mass is 499 g/mol. The molecule has 0 unspecified atom stereocenters. The number of unbranched alkanes of at least 4 members (excludes halogenated alkanes) is 17. The number of nitrogens with one attached hydrogen (secondary N) is 1. The van der Waals surface area contributed by atoms with Gasteiger partial charge in [-0.2, -0.15) is 0 Å². The highest BCUT2D eigenvalue weighted by Crippen LogP contribution is 2.14. The van der Waals surface area contributed by atoms with E-state index in [1.165, 1.54) is 120 Å². The molecule has 0 aromatic carbocycles. The molecular weight excluding hydrogens is 457 g/mol. The lowest BCUT2D eigenvalue weighted by Crippen LogP contribution is -2.17. The number of hydrogen-bond donors (Lipinski definition) is 2. The SMILES string of the molecule is S=C(S)NCCCCCCCCCCCCCCCCCCCCI. The molecule has 0 saturated carbocycles. The van der Waals surface area contributed by atoms with Gasteiger partial charge in [-0.1, -0.05) is 138 Å². The van der Waals surface area contributed by atoms with Crippen LogP contribution in [0.25, 0.3) is 0 Å². The standard InChI is InChI=1S/C21H42INS2/c22-19-17-15-13-11-9-7-5-3-1-2-4-6-8-10-12-14-16-18-20-23-21(24)25/h1-20H2,(H2,23,24,25). The van der Waals surface area contributed by atoms with E-state index in [-0.39, 0.29) is 0 Å². The fraction of sp³-hybridized carbons (Fsp3) is 0.952. The average Bonchev–Trinajstić information content (AvgIpc) is 2.60. The number of alkyl halides is 1. The largest absolute Gasteiger partial charge is 0.371 e. The van der Waals surface area contributed by atoms with Gasteiger partial charge in [0.05, 0.1) is 0 Å². The van der Waals surface area contributed by atoms with Crippen molar-refractivity contribution in [3.05, 3.63) is 0 Å². The van der Waals surface area contributed by atoms with Gasteiger partial charge in [0.2, 0.25) is 0 Å². The van der Waals surface area contributed by atoms with Gasteiger partial charge >= 0.3 is 0 Å². The van der Waals surface area contributed by atoms with E-state index in [1.54, 1.807) is 0 Å². The predicted octanol–water partition coefficient (Wildman–Crippen LogP) is 8.25. The molecule has 1 nitrogen and oxygen atoms in total. The maximum atomic E-state index is 4.87. The minimum absolute atomic E-state index is 0.627. The molecule has 25 heavy (non-hydrogen) atoms. The van der Waals surface area contributed by atoms with Gasteiger partial charge in [0.25, 0.3) is 0 Å². The van der Waals surface area contributed by atoms with E-state index in [2.05, 4.69) is 40.5 Å². The second kappa shape index (κ2) is 23.0. The highest BCUT2D eigenvalue weighted by Gasteiger charge is 1.95. The van der Waals surface area contributed by atoms with E-state index in [1.807, 2.05) is 0 Å². The van der Waals surface area contributed by atoms with E-state index in [9.17, 15) is 0 Å². The summed E-state index contributed by atoms with van der Waals surface area (Å²) >= 11 is 11.4. The fourth-order valence-electron chi connectivity index (χ4n) is 3.24. The molecule has 0 radical (unpaired) electrons. The van der Waals surface area contributed by atoms with Crippen LogP contribution in [0.5, 0.6) is 0 Å². The third kappa shape index (κ3) is 25.0. The normalized spacial score (nSPS) is 11.0. The third-order valence-electron chi connectivity index (χ3n) is 4.84. The minimum Gasteiger partial charge on any atom is -0.371 e. The number of thiocarbonyl (C=S) groups is 1. The van der Waals surface area contributed by atoms with Crippen LogP contribution in [0.4, 0.5) is 0 Å². The maximum absolute atomic E-state index is 4.87. The zero-order valence-corrected chi connectivity index (χ0v) is 20.2. The Morgan fingerprint density at radius 2 is 0.840 bits per heavy atom. The number of thiol groups is 1. The van der Waals surface area contributed by atoms with Crippen LogP contribution in [-0.2, 0) is 0 Å². The zero-order chi connectivity index (χ0) is 18.4. The molecule has 0 bridgehead atoms. The lowest BCUT2D eigenvalue weighted by Gasteiger charge is -2.04. The summed E-state index contributed by atoms with van der Waals surface area (Å²) in [6.45, 7) is 0.987. The number of halogens is 1. The van der Waals surface area contributed by atoms with Gasteiger partial charge in [0.15, 0.2) is 0 Å². The Hall–Kier alpha value is 0.970. The molecule has 0 atom stereocenters. The predicted molar refractivity (Wildman–Crippen MR) is 132 cm³/mol.